The van der Waals surface area contributed by atoms with Crippen molar-refractivity contribution in [3.05, 3.63) is 34.9 Å². The Bertz CT molecular complexity index is 531. The van der Waals surface area contributed by atoms with Crippen LogP contribution >= 0.6 is 24.0 Å². The molecule has 0 bridgehead atoms. The van der Waals surface area contributed by atoms with Gasteiger partial charge < -0.3 is 11.1 Å². The first kappa shape index (κ1) is 17.6. The maximum atomic E-state index is 12.1. The van der Waals surface area contributed by atoms with Gasteiger partial charge in [0.25, 0.3) is 0 Å². The molecule has 0 aliphatic heterocycles. The average Bonchev–Trinajstić information content (AvgIpc) is 3.16. The molecule has 3 nitrogen and oxygen atoms in total. The first-order valence-corrected chi connectivity index (χ1v) is 8.25. The largest absolute Gasteiger partial charge is 0.355 e. The summed E-state index contributed by atoms with van der Waals surface area (Å²) in [5.41, 5.74) is 7.39. The smallest absolute Gasteiger partial charge is 0.220 e. The van der Waals surface area contributed by atoms with E-state index in [0.717, 1.165) is 37.1 Å². The standard InChI is InChI=1S/C17H23ClN2O.ClH/c18-14-5-2-4-13(10-14)17(7-8-17)11-20-16(21)9-12-3-1-6-15(12)19;/h2,4-5,10,12,15H,1,3,6-9,11,19H2,(H,20,21);1H/t12-,15+;/m0./s1. The van der Waals surface area contributed by atoms with E-state index in [1.807, 2.05) is 18.2 Å². The van der Waals surface area contributed by atoms with Crippen LogP contribution in [0.3, 0.4) is 0 Å². The molecule has 1 amide bonds. The number of benzene rings is 1. The van der Waals surface area contributed by atoms with Gasteiger partial charge in [-0.2, -0.15) is 0 Å². The van der Waals surface area contributed by atoms with Gasteiger partial charge in [0.1, 0.15) is 0 Å². The SMILES string of the molecule is Cl.N[C@@H]1CCC[C@H]1CC(=O)NCC1(c2cccc(Cl)c2)CC1. The number of halogens is 2. The van der Waals surface area contributed by atoms with Crippen molar-refractivity contribution in [2.75, 3.05) is 6.54 Å². The molecule has 3 N–H and O–H groups in total. The number of rotatable bonds is 5. The number of hydrogen-bond acceptors (Lipinski definition) is 2. The molecule has 0 aromatic heterocycles. The lowest BCUT2D eigenvalue weighted by molar-refractivity contribution is -0.122. The van der Waals surface area contributed by atoms with Crippen molar-refractivity contribution in [3.8, 4) is 0 Å². The highest BCUT2D eigenvalue weighted by Gasteiger charge is 2.44. The summed E-state index contributed by atoms with van der Waals surface area (Å²) in [6.45, 7) is 0.716. The van der Waals surface area contributed by atoms with E-state index in [9.17, 15) is 4.79 Å². The van der Waals surface area contributed by atoms with Gasteiger partial charge >= 0.3 is 0 Å². The Balaban J connectivity index is 0.00000176. The molecule has 0 saturated heterocycles. The quantitative estimate of drug-likeness (QED) is 0.861. The molecule has 1 aromatic carbocycles. The number of carbonyl (C=O) groups excluding carboxylic acids is 1. The van der Waals surface area contributed by atoms with Gasteiger partial charge in [-0.3, -0.25) is 4.79 Å². The molecular formula is C17H24Cl2N2O. The van der Waals surface area contributed by atoms with Crippen LogP contribution in [0, 0.1) is 5.92 Å². The number of amides is 1. The van der Waals surface area contributed by atoms with Crippen LogP contribution in [0.2, 0.25) is 5.02 Å². The summed E-state index contributed by atoms with van der Waals surface area (Å²) >= 11 is 6.07. The second-order valence-corrected chi connectivity index (χ2v) is 7.06. The lowest BCUT2D eigenvalue weighted by Gasteiger charge is -2.19. The molecule has 2 fully saturated rings. The third-order valence-electron chi connectivity index (χ3n) is 5.08. The predicted octanol–water partition coefficient (Wildman–Crippen LogP) is 3.43. The minimum atomic E-state index is 0. The summed E-state index contributed by atoms with van der Waals surface area (Å²) in [6.07, 6.45) is 6.13. The zero-order chi connectivity index (χ0) is 14.9. The lowest BCUT2D eigenvalue weighted by Crippen LogP contribution is -2.35. The van der Waals surface area contributed by atoms with Gasteiger partial charge in [-0.1, -0.05) is 30.2 Å². The molecule has 22 heavy (non-hydrogen) atoms. The van der Waals surface area contributed by atoms with E-state index >= 15 is 0 Å². The predicted molar refractivity (Wildman–Crippen MR) is 92.6 cm³/mol. The summed E-state index contributed by atoms with van der Waals surface area (Å²) in [5, 5.41) is 3.88. The van der Waals surface area contributed by atoms with Gasteiger partial charge in [-0.15, -0.1) is 12.4 Å². The molecule has 3 rings (SSSR count). The van der Waals surface area contributed by atoms with E-state index in [0.29, 0.717) is 18.9 Å². The van der Waals surface area contributed by atoms with E-state index in [1.165, 1.54) is 5.56 Å². The third kappa shape index (κ3) is 3.95. The highest BCUT2D eigenvalue weighted by molar-refractivity contribution is 6.30. The van der Waals surface area contributed by atoms with Gasteiger partial charge in [0.2, 0.25) is 5.91 Å². The van der Waals surface area contributed by atoms with Crippen molar-refractivity contribution in [1.82, 2.24) is 5.32 Å². The van der Waals surface area contributed by atoms with Gasteiger partial charge in [-0.25, -0.2) is 0 Å². The normalized spacial score (nSPS) is 25.4. The van der Waals surface area contributed by atoms with Crippen molar-refractivity contribution in [1.29, 1.82) is 0 Å². The van der Waals surface area contributed by atoms with Gasteiger partial charge in [0.15, 0.2) is 0 Å². The number of nitrogens with two attached hydrogens (primary N) is 1. The molecule has 2 aliphatic carbocycles. The van der Waals surface area contributed by atoms with Gasteiger partial charge in [0, 0.05) is 29.4 Å². The molecule has 2 aliphatic rings. The monoisotopic (exact) mass is 342 g/mol. The van der Waals surface area contributed by atoms with E-state index in [4.69, 9.17) is 17.3 Å². The molecule has 2 atom stereocenters. The summed E-state index contributed by atoms with van der Waals surface area (Å²) in [7, 11) is 0. The molecule has 5 heteroatoms. The van der Waals surface area contributed by atoms with Crippen LogP contribution in [-0.4, -0.2) is 18.5 Å². The van der Waals surface area contributed by atoms with Crippen molar-refractivity contribution < 1.29 is 4.79 Å². The van der Waals surface area contributed by atoms with Crippen LogP contribution in [0.1, 0.15) is 44.1 Å². The molecule has 122 valence electrons. The lowest BCUT2D eigenvalue weighted by atomic mass is 9.95. The van der Waals surface area contributed by atoms with Crippen molar-refractivity contribution in [3.63, 3.8) is 0 Å². The maximum absolute atomic E-state index is 12.1. The fourth-order valence-electron chi connectivity index (χ4n) is 3.43. The van der Waals surface area contributed by atoms with Crippen LogP contribution in [0.15, 0.2) is 24.3 Å². The van der Waals surface area contributed by atoms with Crippen LogP contribution in [0.4, 0.5) is 0 Å². The minimum Gasteiger partial charge on any atom is -0.355 e. The highest BCUT2D eigenvalue weighted by atomic mass is 35.5. The van der Waals surface area contributed by atoms with E-state index in [2.05, 4.69) is 11.4 Å². The fraction of sp³-hybridized carbons (Fsp3) is 0.588. The van der Waals surface area contributed by atoms with Gasteiger partial charge in [-0.05, 0) is 49.3 Å². The Labute approximate surface area is 143 Å². The fourth-order valence-corrected chi connectivity index (χ4v) is 3.62. The topological polar surface area (TPSA) is 55.1 Å². The number of carbonyl (C=O) groups is 1. The van der Waals surface area contributed by atoms with E-state index < -0.39 is 0 Å². The van der Waals surface area contributed by atoms with Crippen molar-refractivity contribution >= 4 is 29.9 Å². The third-order valence-corrected chi connectivity index (χ3v) is 5.32. The zero-order valence-corrected chi connectivity index (χ0v) is 14.3. The van der Waals surface area contributed by atoms with Crippen LogP contribution in [0.25, 0.3) is 0 Å². The Morgan fingerprint density at radius 3 is 2.73 bits per heavy atom. The average molecular weight is 343 g/mol. The van der Waals surface area contributed by atoms with Crippen LogP contribution in [0.5, 0.6) is 0 Å². The highest BCUT2D eigenvalue weighted by Crippen LogP contribution is 2.48. The number of hydrogen-bond donors (Lipinski definition) is 2. The van der Waals surface area contributed by atoms with Crippen LogP contribution < -0.4 is 11.1 Å². The molecular weight excluding hydrogens is 319 g/mol. The molecule has 0 heterocycles. The Kier molecular flexibility index (Phi) is 5.76. The van der Waals surface area contributed by atoms with Crippen molar-refractivity contribution in [2.24, 2.45) is 11.7 Å². The minimum absolute atomic E-state index is 0. The second kappa shape index (κ2) is 7.20. The molecule has 2 saturated carbocycles. The van der Waals surface area contributed by atoms with Gasteiger partial charge in [0.05, 0.1) is 0 Å². The molecule has 1 aromatic rings. The first-order chi connectivity index (χ1) is 10.1. The molecule has 0 radical (unpaired) electrons. The van der Waals surface area contributed by atoms with E-state index in [1.54, 1.807) is 0 Å². The molecule has 0 unspecified atom stereocenters. The van der Waals surface area contributed by atoms with E-state index in [-0.39, 0.29) is 29.8 Å². The Morgan fingerprint density at radius 1 is 1.36 bits per heavy atom. The summed E-state index contributed by atoms with van der Waals surface area (Å²) in [6, 6.07) is 8.21. The number of nitrogens with one attached hydrogen (secondary N) is 1. The van der Waals surface area contributed by atoms with Crippen LogP contribution in [-0.2, 0) is 10.2 Å². The van der Waals surface area contributed by atoms with Crippen molar-refractivity contribution in [2.45, 2.75) is 50.0 Å². The summed E-state index contributed by atoms with van der Waals surface area (Å²) in [5.74, 6) is 0.511. The Hall–Kier alpha value is -0.770. The zero-order valence-electron chi connectivity index (χ0n) is 12.7. The maximum Gasteiger partial charge on any atom is 0.220 e. The molecule has 0 spiro atoms. The Morgan fingerprint density at radius 2 is 2.14 bits per heavy atom. The summed E-state index contributed by atoms with van der Waals surface area (Å²) in [4.78, 5) is 12.1. The first-order valence-electron chi connectivity index (χ1n) is 7.87. The second-order valence-electron chi connectivity index (χ2n) is 6.63. The summed E-state index contributed by atoms with van der Waals surface area (Å²) < 4.78 is 0.